The van der Waals surface area contributed by atoms with Crippen LogP contribution in [0.3, 0.4) is 0 Å². The minimum atomic E-state index is -3.63. The van der Waals surface area contributed by atoms with E-state index >= 15 is 0 Å². The Balaban J connectivity index is 2.81. The largest absolute Gasteiger partial charge is 0.398 e. The van der Waals surface area contributed by atoms with E-state index in [1.54, 1.807) is 19.1 Å². The van der Waals surface area contributed by atoms with Crippen LogP contribution >= 0.6 is 0 Å². The van der Waals surface area contributed by atoms with Crippen molar-refractivity contribution in [1.82, 2.24) is 10.0 Å². The highest BCUT2D eigenvalue weighted by Gasteiger charge is 2.17. The zero-order valence-corrected chi connectivity index (χ0v) is 11.2. The van der Waals surface area contributed by atoms with Gasteiger partial charge < -0.3 is 11.1 Å². The number of nitrogens with one attached hydrogen (secondary N) is 2. The number of hydrogen-bond donors (Lipinski definition) is 3. The highest BCUT2D eigenvalue weighted by molar-refractivity contribution is 7.89. The van der Waals surface area contributed by atoms with Crippen molar-refractivity contribution in [2.75, 3.05) is 19.3 Å². The number of rotatable bonds is 5. The lowest BCUT2D eigenvalue weighted by Gasteiger charge is -2.10. The molecule has 1 amide bonds. The number of amides is 1. The van der Waals surface area contributed by atoms with Gasteiger partial charge in [0.15, 0.2) is 0 Å². The van der Waals surface area contributed by atoms with Gasteiger partial charge in [0.2, 0.25) is 15.9 Å². The molecule has 1 aromatic carbocycles. The van der Waals surface area contributed by atoms with Gasteiger partial charge in [0.1, 0.15) is 0 Å². The molecular weight excluding hydrogens is 254 g/mol. The standard InChI is InChI=1S/C11H17N3O3S/c1-8-9(12)4-3-5-10(8)18(16,17)14-7-6-11(15)13-2/h3-5,14H,6-7,12H2,1-2H3,(H,13,15). The fourth-order valence-electron chi connectivity index (χ4n) is 1.42. The van der Waals surface area contributed by atoms with Gasteiger partial charge in [-0.15, -0.1) is 0 Å². The highest BCUT2D eigenvalue weighted by atomic mass is 32.2. The second-order valence-corrected chi connectivity index (χ2v) is 5.53. The van der Waals surface area contributed by atoms with Crippen LogP contribution in [0, 0.1) is 6.92 Å². The van der Waals surface area contributed by atoms with Gasteiger partial charge in [-0.1, -0.05) is 6.07 Å². The average molecular weight is 271 g/mol. The Morgan fingerprint density at radius 2 is 2.06 bits per heavy atom. The molecule has 4 N–H and O–H groups in total. The second kappa shape index (κ2) is 5.83. The lowest BCUT2D eigenvalue weighted by atomic mass is 10.2. The first kappa shape index (κ1) is 14.5. The van der Waals surface area contributed by atoms with Gasteiger partial charge in [0, 0.05) is 25.7 Å². The SMILES string of the molecule is CNC(=O)CCNS(=O)(=O)c1cccc(N)c1C. The molecule has 0 bridgehead atoms. The fourth-order valence-corrected chi connectivity index (χ4v) is 2.73. The molecule has 18 heavy (non-hydrogen) atoms. The quantitative estimate of drug-likeness (QED) is 0.656. The second-order valence-electron chi connectivity index (χ2n) is 3.79. The topological polar surface area (TPSA) is 101 Å². The van der Waals surface area contributed by atoms with Gasteiger partial charge in [0.05, 0.1) is 4.90 Å². The van der Waals surface area contributed by atoms with E-state index in [0.29, 0.717) is 11.3 Å². The maximum Gasteiger partial charge on any atom is 0.240 e. The van der Waals surface area contributed by atoms with Crippen molar-refractivity contribution in [2.45, 2.75) is 18.2 Å². The molecule has 0 saturated heterocycles. The van der Waals surface area contributed by atoms with E-state index < -0.39 is 10.0 Å². The van der Waals surface area contributed by atoms with Crippen molar-refractivity contribution in [3.8, 4) is 0 Å². The molecular formula is C11H17N3O3S. The van der Waals surface area contributed by atoms with Crippen molar-refractivity contribution in [2.24, 2.45) is 0 Å². The van der Waals surface area contributed by atoms with Gasteiger partial charge >= 0.3 is 0 Å². The Kier molecular flexibility index (Phi) is 4.69. The Morgan fingerprint density at radius 1 is 1.39 bits per heavy atom. The first-order chi connectivity index (χ1) is 8.38. The Morgan fingerprint density at radius 3 is 2.67 bits per heavy atom. The minimum Gasteiger partial charge on any atom is -0.398 e. The summed E-state index contributed by atoms with van der Waals surface area (Å²) in [7, 11) is -2.13. The van der Waals surface area contributed by atoms with Crippen molar-refractivity contribution in [1.29, 1.82) is 0 Å². The van der Waals surface area contributed by atoms with E-state index in [0.717, 1.165) is 0 Å². The number of carbonyl (C=O) groups is 1. The number of nitrogen functional groups attached to an aromatic ring is 1. The van der Waals surface area contributed by atoms with Crippen LogP contribution < -0.4 is 15.8 Å². The van der Waals surface area contributed by atoms with Crippen molar-refractivity contribution in [3.63, 3.8) is 0 Å². The van der Waals surface area contributed by atoms with Gasteiger partial charge in [-0.25, -0.2) is 13.1 Å². The van der Waals surface area contributed by atoms with E-state index in [1.807, 2.05) is 0 Å². The smallest absolute Gasteiger partial charge is 0.240 e. The summed E-state index contributed by atoms with van der Waals surface area (Å²) in [5, 5.41) is 2.42. The van der Waals surface area contributed by atoms with Crippen LogP contribution in [-0.2, 0) is 14.8 Å². The summed E-state index contributed by atoms with van der Waals surface area (Å²) in [6.45, 7) is 1.69. The van der Waals surface area contributed by atoms with Crippen LogP contribution in [0.15, 0.2) is 23.1 Å². The molecule has 0 saturated carbocycles. The summed E-state index contributed by atoms with van der Waals surface area (Å²) in [6, 6.07) is 4.70. The predicted molar refractivity (Wildman–Crippen MR) is 69.5 cm³/mol. The maximum atomic E-state index is 12.0. The number of sulfonamides is 1. The van der Waals surface area contributed by atoms with Gasteiger partial charge in [0.25, 0.3) is 0 Å². The van der Waals surface area contributed by atoms with Crippen molar-refractivity contribution >= 4 is 21.6 Å². The van der Waals surface area contributed by atoms with Crippen LogP contribution in [-0.4, -0.2) is 27.9 Å². The van der Waals surface area contributed by atoms with E-state index in [1.165, 1.54) is 13.1 Å². The molecule has 0 spiro atoms. The average Bonchev–Trinajstić information content (AvgIpc) is 2.32. The third kappa shape index (κ3) is 3.44. The molecule has 0 aromatic heterocycles. The summed E-state index contributed by atoms with van der Waals surface area (Å²) >= 11 is 0. The number of nitrogens with two attached hydrogens (primary N) is 1. The summed E-state index contributed by atoms with van der Waals surface area (Å²) in [5.41, 5.74) is 6.58. The molecule has 0 heterocycles. The molecule has 7 heteroatoms. The summed E-state index contributed by atoms with van der Waals surface area (Å²) in [6.07, 6.45) is 0.0943. The Hall–Kier alpha value is -1.60. The molecule has 0 atom stereocenters. The number of anilines is 1. The third-order valence-electron chi connectivity index (χ3n) is 2.54. The fraction of sp³-hybridized carbons (Fsp3) is 0.364. The first-order valence-electron chi connectivity index (χ1n) is 5.44. The zero-order valence-electron chi connectivity index (χ0n) is 10.4. The molecule has 1 rings (SSSR count). The highest BCUT2D eigenvalue weighted by Crippen LogP contribution is 2.19. The lowest BCUT2D eigenvalue weighted by Crippen LogP contribution is -2.29. The van der Waals surface area contributed by atoms with E-state index in [2.05, 4.69) is 10.0 Å². The normalized spacial score (nSPS) is 11.2. The molecule has 1 aromatic rings. The van der Waals surface area contributed by atoms with Gasteiger partial charge in [-0.05, 0) is 24.6 Å². The zero-order chi connectivity index (χ0) is 13.8. The first-order valence-corrected chi connectivity index (χ1v) is 6.92. The minimum absolute atomic E-state index is 0.0518. The Labute approximate surface area is 107 Å². The third-order valence-corrected chi connectivity index (χ3v) is 4.14. The summed E-state index contributed by atoms with van der Waals surface area (Å²) in [5.74, 6) is -0.220. The monoisotopic (exact) mass is 271 g/mol. The van der Waals surface area contributed by atoms with Crippen LogP contribution in [0.2, 0.25) is 0 Å². The molecule has 0 aliphatic carbocycles. The summed E-state index contributed by atoms with van der Waals surface area (Å²) < 4.78 is 26.3. The number of benzene rings is 1. The molecule has 0 fully saturated rings. The molecule has 0 unspecified atom stereocenters. The van der Waals surface area contributed by atoms with Crippen molar-refractivity contribution < 1.29 is 13.2 Å². The molecule has 0 aliphatic rings. The number of hydrogen-bond acceptors (Lipinski definition) is 4. The number of carbonyl (C=O) groups excluding carboxylic acids is 1. The molecule has 6 nitrogen and oxygen atoms in total. The molecule has 0 radical (unpaired) electrons. The lowest BCUT2D eigenvalue weighted by molar-refractivity contribution is -0.120. The molecule has 0 aliphatic heterocycles. The van der Waals surface area contributed by atoms with E-state index in [4.69, 9.17) is 5.73 Å². The van der Waals surface area contributed by atoms with Crippen LogP contribution in [0.4, 0.5) is 5.69 Å². The van der Waals surface area contributed by atoms with Crippen LogP contribution in [0.1, 0.15) is 12.0 Å². The van der Waals surface area contributed by atoms with Crippen molar-refractivity contribution in [3.05, 3.63) is 23.8 Å². The predicted octanol–water partition coefficient (Wildman–Crippen LogP) is -0.00838. The molecule has 100 valence electrons. The van der Waals surface area contributed by atoms with Gasteiger partial charge in [-0.2, -0.15) is 0 Å². The van der Waals surface area contributed by atoms with E-state index in [-0.39, 0.29) is 23.8 Å². The maximum absolute atomic E-state index is 12.0. The van der Waals surface area contributed by atoms with E-state index in [9.17, 15) is 13.2 Å². The van der Waals surface area contributed by atoms with Crippen LogP contribution in [0.25, 0.3) is 0 Å². The van der Waals surface area contributed by atoms with Crippen LogP contribution in [0.5, 0.6) is 0 Å². The van der Waals surface area contributed by atoms with Gasteiger partial charge in [-0.3, -0.25) is 4.79 Å². The Bertz CT molecular complexity index is 540. The summed E-state index contributed by atoms with van der Waals surface area (Å²) in [4.78, 5) is 11.1.